The summed E-state index contributed by atoms with van der Waals surface area (Å²) in [6, 6.07) is 3.83. The maximum absolute atomic E-state index is 10.9. The fourth-order valence-electron chi connectivity index (χ4n) is 1.07. The van der Waals surface area contributed by atoms with E-state index in [0.717, 1.165) is 0 Å². The minimum absolute atomic E-state index is 0.0839. The Morgan fingerprint density at radius 2 is 2.21 bits per heavy atom. The number of hydrogen-bond donors (Lipinski definition) is 2. The number of amides is 1. The van der Waals surface area contributed by atoms with Gasteiger partial charge < -0.3 is 11.1 Å². The molecule has 1 aromatic carbocycles. The molecule has 6 nitrogen and oxygen atoms in total. The number of carbonyl (C=O) groups excluding carboxylic acids is 1. The molecular formula is C8H9N3O3. The van der Waals surface area contributed by atoms with Gasteiger partial charge in [0.25, 0.3) is 11.6 Å². The van der Waals surface area contributed by atoms with Gasteiger partial charge in [-0.1, -0.05) is 0 Å². The number of carbonyl (C=O) groups is 1. The van der Waals surface area contributed by atoms with Crippen LogP contribution in [-0.4, -0.2) is 17.9 Å². The van der Waals surface area contributed by atoms with E-state index in [1.807, 2.05) is 0 Å². The van der Waals surface area contributed by atoms with Crippen molar-refractivity contribution in [2.45, 2.75) is 0 Å². The van der Waals surface area contributed by atoms with Crippen molar-refractivity contribution in [1.29, 1.82) is 0 Å². The van der Waals surface area contributed by atoms with Crippen molar-refractivity contribution in [2.24, 2.45) is 5.73 Å². The van der Waals surface area contributed by atoms with E-state index >= 15 is 0 Å². The first-order chi connectivity index (χ1) is 6.56. The molecule has 0 aliphatic carbocycles. The minimum atomic E-state index is -0.621. The summed E-state index contributed by atoms with van der Waals surface area (Å²) in [5, 5.41) is 13.1. The zero-order chi connectivity index (χ0) is 10.7. The van der Waals surface area contributed by atoms with Gasteiger partial charge in [0, 0.05) is 19.2 Å². The van der Waals surface area contributed by atoms with E-state index < -0.39 is 10.8 Å². The molecule has 6 heteroatoms. The van der Waals surface area contributed by atoms with E-state index in [4.69, 9.17) is 5.73 Å². The van der Waals surface area contributed by atoms with Crippen LogP contribution in [-0.2, 0) is 0 Å². The molecule has 0 aliphatic heterocycles. The Balaban J connectivity index is 3.25. The highest BCUT2D eigenvalue weighted by Crippen LogP contribution is 2.21. The van der Waals surface area contributed by atoms with Gasteiger partial charge in [0.15, 0.2) is 0 Å². The van der Waals surface area contributed by atoms with Gasteiger partial charge in [0.1, 0.15) is 0 Å². The Hall–Kier alpha value is -2.11. The molecule has 0 unspecified atom stereocenters. The summed E-state index contributed by atoms with van der Waals surface area (Å²) in [4.78, 5) is 20.7. The summed E-state index contributed by atoms with van der Waals surface area (Å²) in [5.74, 6) is -0.621. The summed E-state index contributed by atoms with van der Waals surface area (Å²) < 4.78 is 0. The van der Waals surface area contributed by atoms with Crippen LogP contribution < -0.4 is 11.1 Å². The van der Waals surface area contributed by atoms with Crippen LogP contribution in [0, 0.1) is 10.1 Å². The fourth-order valence-corrected chi connectivity index (χ4v) is 1.07. The number of nitrogens with one attached hydrogen (secondary N) is 1. The average molecular weight is 195 g/mol. The Morgan fingerprint density at radius 1 is 1.57 bits per heavy atom. The van der Waals surface area contributed by atoms with Gasteiger partial charge >= 0.3 is 0 Å². The first-order valence-electron chi connectivity index (χ1n) is 3.82. The molecule has 0 atom stereocenters. The number of nitro groups is 1. The number of benzene rings is 1. The molecular weight excluding hydrogens is 186 g/mol. The Bertz CT molecular complexity index is 389. The van der Waals surface area contributed by atoms with Crippen LogP contribution in [0.2, 0.25) is 0 Å². The first-order valence-corrected chi connectivity index (χ1v) is 3.82. The van der Waals surface area contributed by atoms with Crippen LogP contribution in [0.4, 0.5) is 11.4 Å². The lowest BCUT2D eigenvalue weighted by Crippen LogP contribution is -2.13. The zero-order valence-electron chi connectivity index (χ0n) is 7.48. The topological polar surface area (TPSA) is 98.3 Å². The maximum atomic E-state index is 10.9. The van der Waals surface area contributed by atoms with Crippen LogP contribution in [0.25, 0.3) is 0 Å². The predicted molar refractivity (Wildman–Crippen MR) is 51.2 cm³/mol. The van der Waals surface area contributed by atoms with Gasteiger partial charge in [0.05, 0.1) is 16.2 Å². The standard InChI is InChI=1S/C8H9N3O3/c1-10-7-4-5(11(13)14)2-3-6(7)8(9)12/h2-4,10H,1H3,(H2,9,12). The van der Waals surface area contributed by atoms with Crippen LogP contribution in [0.5, 0.6) is 0 Å². The summed E-state index contributed by atoms with van der Waals surface area (Å²) in [5.41, 5.74) is 5.57. The van der Waals surface area contributed by atoms with E-state index in [0.29, 0.717) is 5.69 Å². The Morgan fingerprint density at radius 3 is 2.64 bits per heavy atom. The second kappa shape index (κ2) is 3.73. The second-order valence-electron chi connectivity index (χ2n) is 2.60. The highest BCUT2D eigenvalue weighted by Gasteiger charge is 2.12. The molecule has 0 heterocycles. The van der Waals surface area contributed by atoms with Crippen LogP contribution >= 0.6 is 0 Å². The van der Waals surface area contributed by atoms with Crippen LogP contribution in [0.15, 0.2) is 18.2 Å². The number of nitrogens with zero attached hydrogens (tertiary/aromatic N) is 1. The van der Waals surface area contributed by atoms with Crippen LogP contribution in [0.3, 0.4) is 0 Å². The third-order valence-corrected chi connectivity index (χ3v) is 1.75. The largest absolute Gasteiger partial charge is 0.387 e. The van der Waals surface area contributed by atoms with E-state index in [-0.39, 0.29) is 11.3 Å². The minimum Gasteiger partial charge on any atom is -0.387 e. The van der Waals surface area contributed by atoms with E-state index in [1.54, 1.807) is 7.05 Å². The quantitative estimate of drug-likeness (QED) is 0.548. The van der Waals surface area contributed by atoms with Crippen molar-refractivity contribution < 1.29 is 9.72 Å². The van der Waals surface area contributed by atoms with Crippen LogP contribution in [0.1, 0.15) is 10.4 Å². The molecule has 0 aliphatic rings. The normalized spacial score (nSPS) is 9.50. The van der Waals surface area contributed by atoms with Crippen molar-refractivity contribution in [2.75, 3.05) is 12.4 Å². The third kappa shape index (κ3) is 1.79. The first kappa shape index (κ1) is 9.97. The van der Waals surface area contributed by atoms with Crippen molar-refractivity contribution in [3.05, 3.63) is 33.9 Å². The van der Waals surface area contributed by atoms with Crippen molar-refractivity contribution in [1.82, 2.24) is 0 Å². The summed E-state index contributed by atoms with van der Waals surface area (Å²) in [6.45, 7) is 0. The molecule has 1 rings (SSSR count). The molecule has 0 radical (unpaired) electrons. The molecule has 14 heavy (non-hydrogen) atoms. The van der Waals surface area contributed by atoms with E-state index in [9.17, 15) is 14.9 Å². The lowest BCUT2D eigenvalue weighted by molar-refractivity contribution is -0.384. The SMILES string of the molecule is CNc1cc([N+](=O)[O-])ccc1C(N)=O. The molecule has 0 spiro atoms. The monoisotopic (exact) mass is 195 g/mol. The molecule has 0 saturated carbocycles. The van der Waals surface area contributed by atoms with Crippen molar-refractivity contribution in [3.8, 4) is 0 Å². The predicted octanol–water partition coefficient (Wildman–Crippen LogP) is 0.735. The maximum Gasteiger partial charge on any atom is 0.271 e. The van der Waals surface area contributed by atoms with E-state index in [1.165, 1.54) is 18.2 Å². The number of primary amides is 1. The lowest BCUT2D eigenvalue weighted by atomic mass is 10.1. The van der Waals surface area contributed by atoms with E-state index in [2.05, 4.69) is 5.32 Å². The van der Waals surface area contributed by atoms with Gasteiger partial charge in [-0.2, -0.15) is 0 Å². The molecule has 3 N–H and O–H groups in total. The van der Waals surface area contributed by atoms with Gasteiger partial charge in [-0.3, -0.25) is 14.9 Å². The number of nitro benzene ring substituents is 1. The third-order valence-electron chi connectivity index (χ3n) is 1.75. The molecule has 0 bridgehead atoms. The summed E-state index contributed by atoms with van der Waals surface area (Å²) in [6.07, 6.45) is 0. The smallest absolute Gasteiger partial charge is 0.271 e. The number of rotatable bonds is 3. The van der Waals surface area contributed by atoms with Gasteiger partial charge in [-0.15, -0.1) is 0 Å². The van der Waals surface area contributed by atoms with Gasteiger partial charge in [0.2, 0.25) is 0 Å². The molecule has 1 amide bonds. The summed E-state index contributed by atoms with van der Waals surface area (Å²) in [7, 11) is 1.56. The second-order valence-corrected chi connectivity index (χ2v) is 2.60. The highest BCUT2D eigenvalue weighted by molar-refractivity contribution is 5.98. The zero-order valence-corrected chi connectivity index (χ0v) is 7.48. The fraction of sp³-hybridized carbons (Fsp3) is 0.125. The van der Waals surface area contributed by atoms with Gasteiger partial charge in [-0.25, -0.2) is 0 Å². The number of nitrogens with two attached hydrogens (primary N) is 1. The lowest BCUT2D eigenvalue weighted by Gasteiger charge is -2.04. The van der Waals surface area contributed by atoms with Gasteiger partial charge in [-0.05, 0) is 6.07 Å². The summed E-state index contributed by atoms with van der Waals surface area (Å²) >= 11 is 0. The number of non-ortho nitro benzene ring substituents is 1. The Labute approximate surface area is 79.9 Å². The van der Waals surface area contributed by atoms with Crippen molar-refractivity contribution in [3.63, 3.8) is 0 Å². The molecule has 0 fully saturated rings. The number of hydrogen-bond acceptors (Lipinski definition) is 4. The molecule has 0 saturated heterocycles. The number of anilines is 1. The molecule has 0 aromatic heterocycles. The Kier molecular flexibility index (Phi) is 2.66. The molecule has 1 aromatic rings. The van der Waals surface area contributed by atoms with Crippen molar-refractivity contribution >= 4 is 17.3 Å². The molecule has 74 valence electrons. The average Bonchev–Trinajstić information content (AvgIpc) is 2.16. The highest BCUT2D eigenvalue weighted by atomic mass is 16.6.